The first-order valence-corrected chi connectivity index (χ1v) is 8.03. The molecule has 1 aromatic carbocycles. The molecule has 0 aromatic heterocycles. The van der Waals surface area contributed by atoms with Crippen molar-refractivity contribution >= 4 is 24.0 Å². The fraction of sp³-hybridized carbons (Fsp3) is 0.500. The monoisotopic (exact) mass is 359 g/mol. The van der Waals surface area contributed by atoms with Crippen molar-refractivity contribution in [3.63, 3.8) is 0 Å². The summed E-state index contributed by atoms with van der Waals surface area (Å²) >= 11 is 6.00. The van der Waals surface area contributed by atoms with Gasteiger partial charge in [-0.3, -0.25) is 10.0 Å². The maximum absolute atomic E-state index is 11.9. The number of benzene rings is 1. The Bertz CT molecular complexity index is 539. The van der Waals surface area contributed by atoms with Crippen LogP contribution in [-0.2, 0) is 25.6 Å². The number of hydrogen-bond acceptors (Lipinski definition) is 6. The molecule has 1 atom stereocenters. The molecule has 7 nitrogen and oxygen atoms in total. The number of ether oxygens (including phenoxy) is 3. The van der Waals surface area contributed by atoms with Gasteiger partial charge in [-0.1, -0.05) is 24.9 Å². The first-order chi connectivity index (χ1) is 11.5. The van der Waals surface area contributed by atoms with E-state index in [0.717, 1.165) is 12.8 Å². The van der Waals surface area contributed by atoms with E-state index >= 15 is 0 Å². The van der Waals surface area contributed by atoms with Gasteiger partial charge >= 0.3 is 5.97 Å². The second kappa shape index (κ2) is 10.9. The lowest BCUT2D eigenvalue weighted by molar-refractivity contribution is -0.177. The minimum atomic E-state index is -1.21. The van der Waals surface area contributed by atoms with E-state index in [4.69, 9.17) is 25.8 Å². The van der Waals surface area contributed by atoms with Gasteiger partial charge < -0.3 is 14.2 Å². The van der Waals surface area contributed by atoms with Crippen molar-refractivity contribution in [2.45, 2.75) is 39.5 Å². The summed E-state index contributed by atoms with van der Waals surface area (Å²) < 4.78 is 15.9. The van der Waals surface area contributed by atoms with Gasteiger partial charge in [0.15, 0.2) is 0 Å². The van der Waals surface area contributed by atoms with Crippen LogP contribution >= 0.6 is 11.6 Å². The molecule has 0 aliphatic heterocycles. The topological polar surface area (TPSA) is 85.3 Å². The molecule has 134 valence electrons. The van der Waals surface area contributed by atoms with Crippen LogP contribution in [0.25, 0.3) is 0 Å². The van der Waals surface area contributed by atoms with Gasteiger partial charge in [0.05, 0.1) is 19.8 Å². The van der Waals surface area contributed by atoms with Crippen LogP contribution in [0.15, 0.2) is 18.2 Å². The predicted octanol–water partition coefficient (Wildman–Crippen LogP) is 2.77. The highest BCUT2D eigenvalue weighted by Crippen LogP contribution is 2.23. The number of hydroxylamine groups is 2. The van der Waals surface area contributed by atoms with Crippen LogP contribution in [-0.4, -0.2) is 42.2 Å². The van der Waals surface area contributed by atoms with Gasteiger partial charge in [0.25, 0.3) is 6.29 Å². The number of rotatable bonds is 11. The van der Waals surface area contributed by atoms with E-state index in [2.05, 4.69) is 0 Å². The van der Waals surface area contributed by atoms with Crippen LogP contribution in [0.3, 0.4) is 0 Å². The van der Waals surface area contributed by atoms with E-state index in [1.165, 1.54) is 6.07 Å². The van der Waals surface area contributed by atoms with Crippen molar-refractivity contribution in [1.29, 1.82) is 0 Å². The van der Waals surface area contributed by atoms with Crippen molar-refractivity contribution in [1.82, 2.24) is 5.06 Å². The molecule has 0 aliphatic rings. The quantitative estimate of drug-likeness (QED) is 0.163. The van der Waals surface area contributed by atoms with Crippen molar-refractivity contribution in [2.75, 3.05) is 13.2 Å². The highest BCUT2D eigenvalue weighted by Gasteiger charge is 2.23. The van der Waals surface area contributed by atoms with Crippen molar-refractivity contribution in [2.24, 2.45) is 0 Å². The molecule has 1 unspecified atom stereocenters. The van der Waals surface area contributed by atoms with Gasteiger partial charge in [0, 0.05) is 5.02 Å². The van der Waals surface area contributed by atoms with Crippen LogP contribution in [0.1, 0.15) is 32.3 Å². The van der Waals surface area contributed by atoms with E-state index < -0.39 is 12.3 Å². The fourth-order valence-electron chi connectivity index (χ4n) is 1.82. The van der Waals surface area contributed by atoms with Gasteiger partial charge in [-0.05, 0) is 37.1 Å². The molecule has 0 saturated heterocycles. The Morgan fingerprint density at radius 2 is 2.12 bits per heavy atom. The van der Waals surface area contributed by atoms with Gasteiger partial charge in [-0.25, -0.2) is 9.86 Å². The molecular weight excluding hydrogens is 338 g/mol. The third kappa shape index (κ3) is 7.16. The van der Waals surface area contributed by atoms with Gasteiger partial charge in [0.1, 0.15) is 5.75 Å². The lowest BCUT2D eigenvalue weighted by atomic mass is 10.2. The summed E-state index contributed by atoms with van der Waals surface area (Å²) in [6.45, 7) is 4.17. The van der Waals surface area contributed by atoms with Crippen LogP contribution in [0, 0.1) is 0 Å². The second-order valence-electron chi connectivity index (χ2n) is 4.92. The summed E-state index contributed by atoms with van der Waals surface area (Å²) in [4.78, 5) is 22.4. The highest BCUT2D eigenvalue weighted by molar-refractivity contribution is 6.30. The van der Waals surface area contributed by atoms with E-state index in [-0.39, 0.29) is 25.3 Å². The number of amides is 1. The van der Waals surface area contributed by atoms with Gasteiger partial charge in [-0.15, -0.1) is 0 Å². The number of hydrogen-bond donors (Lipinski definition) is 1. The zero-order valence-corrected chi connectivity index (χ0v) is 14.5. The molecule has 1 N–H and O–H groups in total. The number of nitrogens with zero attached hydrogens (tertiary/aromatic N) is 1. The molecule has 0 spiro atoms. The zero-order valence-electron chi connectivity index (χ0n) is 13.7. The maximum atomic E-state index is 11.9. The summed E-state index contributed by atoms with van der Waals surface area (Å²) in [7, 11) is 0. The number of unbranched alkanes of at least 4 members (excludes halogenated alkanes) is 1. The first-order valence-electron chi connectivity index (χ1n) is 7.65. The molecule has 1 aromatic rings. The Morgan fingerprint density at radius 3 is 2.75 bits per heavy atom. The molecule has 0 bridgehead atoms. The van der Waals surface area contributed by atoms with Gasteiger partial charge in [0.2, 0.25) is 6.41 Å². The minimum Gasteiger partial charge on any atom is -0.461 e. The molecule has 0 aliphatic carbocycles. The van der Waals surface area contributed by atoms with E-state index in [9.17, 15) is 14.8 Å². The molecule has 0 heterocycles. The normalized spacial score (nSPS) is 11.7. The summed E-state index contributed by atoms with van der Waals surface area (Å²) in [6, 6.07) is 4.62. The summed E-state index contributed by atoms with van der Waals surface area (Å²) in [5.41, 5.74) is 0.531. The Labute approximate surface area is 146 Å². The predicted molar refractivity (Wildman–Crippen MR) is 86.8 cm³/mol. The van der Waals surface area contributed by atoms with Crippen molar-refractivity contribution < 1.29 is 29.0 Å². The number of carbonyl (C=O) groups excluding carboxylic acids is 2. The average Bonchev–Trinajstić information content (AvgIpc) is 2.53. The fourth-order valence-corrected chi connectivity index (χ4v) is 2.07. The molecule has 8 heteroatoms. The van der Waals surface area contributed by atoms with Crippen LogP contribution in [0.4, 0.5) is 0 Å². The minimum absolute atomic E-state index is 0.0683. The summed E-state index contributed by atoms with van der Waals surface area (Å²) in [5, 5.41) is 10.1. The molecule has 0 fully saturated rings. The van der Waals surface area contributed by atoms with Crippen molar-refractivity contribution in [3.05, 3.63) is 28.8 Å². The molecule has 0 saturated carbocycles. The van der Waals surface area contributed by atoms with E-state index in [0.29, 0.717) is 22.3 Å². The number of halogens is 1. The molecule has 0 radical (unpaired) electrons. The highest BCUT2D eigenvalue weighted by atomic mass is 35.5. The average molecular weight is 360 g/mol. The summed E-state index contributed by atoms with van der Waals surface area (Å²) in [5.74, 6) is -0.363. The Hall–Kier alpha value is -1.83. The van der Waals surface area contributed by atoms with Crippen LogP contribution < -0.4 is 4.74 Å². The number of carbonyl (C=O) groups is 2. The SMILES string of the molecule is CCCCOC(Oc1cc(Cl)cc(CN(O)C=O)c1)C(=O)OCC. The molecule has 1 rings (SSSR count). The standard InChI is InChI=1S/C16H22ClNO6/c1-3-5-6-23-16(15(20)22-4-2)24-14-8-12(7-13(17)9-14)10-18(21)11-19/h7-9,11,16,21H,3-6,10H2,1-2H3. The third-order valence-electron chi connectivity index (χ3n) is 2.89. The Kier molecular flexibility index (Phi) is 9.14. The van der Waals surface area contributed by atoms with E-state index in [1.807, 2.05) is 6.92 Å². The summed E-state index contributed by atoms with van der Waals surface area (Å²) in [6.07, 6.45) is 0.754. The maximum Gasteiger partial charge on any atom is 0.376 e. The Balaban J connectivity index is 2.86. The lowest BCUT2D eigenvalue weighted by Crippen LogP contribution is -2.32. The largest absolute Gasteiger partial charge is 0.461 e. The molecule has 1 amide bonds. The molecule has 24 heavy (non-hydrogen) atoms. The second-order valence-corrected chi connectivity index (χ2v) is 5.36. The van der Waals surface area contributed by atoms with E-state index in [1.54, 1.807) is 19.1 Å². The lowest BCUT2D eigenvalue weighted by Gasteiger charge is -2.19. The zero-order chi connectivity index (χ0) is 17.9. The number of esters is 1. The first kappa shape index (κ1) is 20.2. The Morgan fingerprint density at radius 1 is 1.38 bits per heavy atom. The smallest absolute Gasteiger partial charge is 0.376 e. The van der Waals surface area contributed by atoms with Gasteiger partial charge in [-0.2, -0.15) is 0 Å². The van der Waals surface area contributed by atoms with Crippen molar-refractivity contribution in [3.8, 4) is 5.75 Å². The molecular formula is C16H22ClNO6. The van der Waals surface area contributed by atoms with Crippen LogP contribution in [0.5, 0.6) is 5.75 Å². The third-order valence-corrected chi connectivity index (χ3v) is 3.10. The van der Waals surface area contributed by atoms with Crippen LogP contribution in [0.2, 0.25) is 5.02 Å².